The zero-order chi connectivity index (χ0) is 10.8. The summed E-state index contributed by atoms with van der Waals surface area (Å²) in [6.45, 7) is 2.66. The molecular weight excluding hydrogens is 184 g/mol. The van der Waals surface area contributed by atoms with Crippen molar-refractivity contribution in [1.29, 1.82) is 0 Å². The van der Waals surface area contributed by atoms with Crippen LogP contribution in [0.5, 0.6) is 11.5 Å². The highest BCUT2D eigenvalue weighted by Gasteiger charge is 1.94. The van der Waals surface area contributed by atoms with Gasteiger partial charge in [-0.15, -0.1) is 0 Å². The molecule has 0 aliphatic carbocycles. The highest BCUT2D eigenvalue weighted by atomic mass is 16.5. The van der Waals surface area contributed by atoms with E-state index in [2.05, 4.69) is 4.74 Å². The van der Waals surface area contributed by atoms with Crippen molar-refractivity contribution in [2.24, 2.45) is 0 Å². The van der Waals surface area contributed by atoms with Crippen molar-refractivity contribution in [2.75, 3.05) is 13.7 Å². The number of rotatable bonds is 3. The normalized spacial score (nSPS) is 8.14. The molecule has 0 amide bonds. The van der Waals surface area contributed by atoms with Gasteiger partial charge in [0.2, 0.25) is 0 Å². The molecule has 1 aromatic rings. The highest BCUT2D eigenvalue weighted by Crippen LogP contribution is 2.22. The molecule has 0 aliphatic heterocycles. The Morgan fingerprint density at radius 1 is 1.43 bits per heavy atom. The minimum atomic E-state index is 0.181. The number of benzene rings is 1. The lowest BCUT2D eigenvalue weighted by Gasteiger charge is -1.99. The Morgan fingerprint density at radius 2 is 2.07 bits per heavy atom. The molecule has 1 aromatic carbocycles. The number of hydrogen-bond acceptors (Lipinski definition) is 4. The van der Waals surface area contributed by atoms with E-state index in [-0.39, 0.29) is 5.75 Å². The van der Waals surface area contributed by atoms with Crippen LogP contribution in [0.2, 0.25) is 0 Å². The van der Waals surface area contributed by atoms with E-state index in [0.29, 0.717) is 18.8 Å². The fraction of sp³-hybridized carbons (Fsp3) is 0.300. The van der Waals surface area contributed by atoms with Crippen molar-refractivity contribution >= 4 is 6.47 Å². The predicted octanol–water partition coefficient (Wildman–Crippen LogP) is 1.58. The Labute approximate surface area is 83.1 Å². The van der Waals surface area contributed by atoms with Crippen molar-refractivity contribution in [3.05, 3.63) is 24.3 Å². The van der Waals surface area contributed by atoms with Gasteiger partial charge in [-0.2, -0.15) is 0 Å². The summed E-state index contributed by atoms with van der Waals surface area (Å²) in [4.78, 5) is 9.18. The van der Waals surface area contributed by atoms with E-state index in [1.807, 2.05) is 0 Å². The molecule has 14 heavy (non-hydrogen) atoms. The molecule has 4 nitrogen and oxygen atoms in total. The molecule has 0 unspecified atom stereocenters. The Balaban J connectivity index is 0.000000292. The second-order valence-corrected chi connectivity index (χ2v) is 2.22. The molecule has 0 spiro atoms. The first-order chi connectivity index (χ1) is 6.76. The second-order valence-electron chi connectivity index (χ2n) is 2.22. The molecule has 0 bridgehead atoms. The summed E-state index contributed by atoms with van der Waals surface area (Å²) >= 11 is 0. The Bertz CT molecular complexity index is 260. The fourth-order valence-corrected chi connectivity index (χ4v) is 0.698. The third-order valence-corrected chi connectivity index (χ3v) is 1.32. The van der Waals surface area contributed by atoms with E-state index in [9.17, 15) is 4.79 Å². The highest BCUT2D eigenvalue weighted by molar-refractivity contribution is 5.37. The smallest absolute Gasteiger partial charge is 0.293 e. The first-order valence-electron chi connectivity index (χ1n) is 4.13. The number of para-hydroxylation sites is 2. The number of carbonyl (C=O) groups is 1. The standard InChI is InChI=1S/C7H8O2.C3H6O2/c1-9-7-5-3-2-4-6(7)8;1-2-5-3-4/h2-5,8H,1H3;3H,2H2,1H3. The van der Waals surface area contributed by atoms with Gasteiger partial charge in [0.25, 0.3) is 6.47 Å². The number of ether oxygens (including phenoxy) is 2. The second kappa shape index (κ2) is 7.91. The lowest BCUT2D eigenvalue weighted by Crippen LogP contribution is -1.80. The monoisotopic (exact) mass is 198 g/mol. The number of aromatic hydroxyl groups is 1. The molecule has 0 saturated heterocycles. The number of carbonyl (C=O) groups excluding carboxylic acids is 1. The van der Waals surface area contributed by atoms with Gasteiger partial charge in [0.1, 0.15) is 0 Å². The molecule has 0 aliphatic rings. The average molecular weight is 198 g/mol. The van der Waals surface area contributed by atoms with Crippen LogP contribution in [-0.2, 0) is 9.53 Å². The summed E-state index contributed by atoms with van der Waals surface area (Å²) < 4.78 is 8.95. The fourth-order valence-electron chi connectivity index (χ4n) is 0.698. The lowest BCUT2D eigenvalue weighted by atomic mass is 10.3. The van der Waals surface area contributed by atoms with Gasteiger partial charge in [-0.25, -0.2) is 0 Å². The van der Waals surface area contributed by atoms with Crippen molar-refractivity contribution in [2.45, 2.75) is 6.92 Å². The predicted molar refractivity (Wildman–Crippen MR) is 52.3 cm³/mol. The Kier molecular flexibility index (Phi) is 6.95. The van der Waals surface area contributed by atoms with Gasteiger partial charge in [-0.05, 0) is 19.1 Å². The maximum Gasteiger partial charge on any atom is 0.293 e. The van der Waals surface area contributed by atoms with E-state index in [0.717, 1.165) is 0 Å². The van der Waals surface area contributed by atoms with Gasteiger partial charge in [0, 0.05) is 0 Å². The molecule has 0 atom stereocenters. The largest absolute Gasteiger partial charge is 0.504 e. The van der Waals surface area contributed by atoms with Crippen molar-refractivity contribution in [3.8, 4) is 11.5 Å². The number of methoxy groups -OCH3 is 1. The minimum Gasteiger partial charge on any atom is -0.504 e. The molecule has 0 radical (unpaired) electrons. The summed E-state index contributed by atoms with van der Waals surface area (Å²) in [6.07, 6.45) is 0. The van der Waals surface area contributed by atoms with Crippen LogP contribution in [0.4, 0.5) is 0 Å². The lowest BCUT2D eigenvalue weighted by molar-refractivity contribution is -0.128. The molecular formula is C10H14O4. The number of phenols is 1. The zero-order valence-electron chi connectivity index (χ0n) is 8.27. The van der Waals surface area contributed by atoms with Gasteiger partial charge >= 0.3 is 0 Å². The first kappa shape index (κ1) is 12.3. The average Bonchev–Trinajstić information content (AvgIpc) is 2.21. The summed E-state index contributed by atoms with van der Waals surface area (Å²) in [6, 6.07) is 6.84. The molecule has 1 N–H and O–H groups in total. The van der Waals surface area contributed by atoms with Crippen LogP contribution in [0.25, 0.3) is 0 Å². The molecule has 0 saturated carbocycles. The summed E-state index contributed by atoms with van der Waals surface area (Å²) in [5.74, 6) is 0.692. The molecule has 78 valence electrons. The van der Waals surface area contributed by atoms with E-state index in [1.54, 1.807) is 31.2 Å². The SMILES string of the molecule is CCOC=O.COc1ccccc1O. The van der Waals surface area contributed by atoms with Crippen LogP contribution in [0, 0.1) is 0 Å². The van der Waals surface area contributed by atoms with Crippen LogP contribution in [0.1, 0.15) is 6.92 Å². The number of hydrogen-bond donors (Lipinski definition) is 1. The molecule has 0 aromatic heterocycles. The van der Waals surface area contributed by atoms with Gasteiger partial charge in [0.15, 0.2) is 11.5 Å². The van der Waals surface area contributed by atoms with Gasteiger partial charge in [0.05, 0.1) is 13.7 Å². The third-order valence-electron chi connectivity index (χ3n) is 1.32. The molecule has 0 fully saturated rings. The Hall–Kier alpha value is -1.71. The van der Waals surface area contributed by atoms with Gasteiger partial charge in [-0.1, -0.05) is 12.1 Å². The van der Waals surface area contributed by atoms with E-state index < -0.39 is 0 Å². The van der Waals surface area contributed by atoms with Crippen molar-refractivity contribution in [1.82, 2.24) is 0 Å². The van der Waals surface area contributed by atoms with Crippen LogP contribution in [0.3, 0.4) is 0 Å². The molecule has 4 heteroatoms. The van der Waals surface area contributed by atoms with Crippen LogP contribution >= 0.6 is 0 Å². The van der Waals surface area contributed by atoms with E-state index in [1.165, 1.54) is 7.11 Å². The minimum absolute atomic E-state index is 0.181. The van der Waals surface area contributed by atoms with Gasteiger partial charge in [-0.3, -0.25) is 4.79 Å². The van der Waals surface area contributed by atoms with Crippen molar-refractivity contribution in [3.63, 3.8) is 0 Å². The van der Waals surface area contributed by atoms with Crippen LogP contribution < -0.4 is 4.74 Å². The number of phenolic OH excluding ortho intramolecular Hbond substituents is 1. The maximum atomic E-state index is 9.18. The van der Waals surface area contributed by atoms with Crippen LogP contribution in [-0.4, -0.2) is 25.3 Å². The zero-order valence-corrected chi connectivity index (χ0v) is 8.27. The molecule has 0 heterocycles. The van der Waals surface area contributed by atoms with Crippen molar-refractivity contribution < 1.29 is 19.4 Å². The van der Waals surface area contributed by atoms with E-state index in [4.69, 9.17) is 9.84 Å². The van der Waals surface area contributed by atoms with Crippen LogP contribution in [0.15, 0.2) is 24.3 Å². The van der Waals surface area contributed by atoms with Gasteiger partial charge < -0.3 is 14.6 Å². The first-order valence-corrected chi connectivity index (χ1v) is 4.13. The molecule has 1 rings (SSSR count). The Morgan fingerprint density at radius 3 is 2.36 bits per heavy atom. The third kappa shape index (κ3) is 5.03. The summed E-state index contributed by atoms with van der Waals surface area (Å²) in [5, 5.41) is 8.99. The summed E-state index contributed by atoms with van der Waals surface area (Å²) in [5.41, 5.74) is 0. The maximum absolute atomic E-state index is 9.18. The van der Waals surface area contributed by atoms with E-state index >= 15 is 0 Å². The quantitative estimate of drug-likeness (QED) is 0.749. The summed E-state index contributed by atoms with van der Waals surface area (Å²) in [7, 11) is 1.52. The topological polar surface area (TPSA) is 55.8 Å².